The fraction of sp³-hybridized carbons (Fsp3) is 0.214. The number of hydrogen-bond donors (Lipinski definition) is 1. The lowest BCUT2D eigenvalue weighted by molar-refractivity contribution is -0.117. The fourth-order valence-electron chi connectivity index (χ4n) is 2.51. The fourth-order valence-corrected chi connectivity index (χ4v) is 2.51. The third kappa shape index (κ3) is 2.14. The summed E-state index contributed by atoms with van der Waals surface area (Å²) in [6.45, 7) is 0.502. The topological polar surface area (TPSA) is 101 Å². The Hall–Kier alpha value is -3.03. The standard InChI is InChI=1S/C14H12N6O2/c21-12-5-9(8-20(12)10-6-16-17-7-10)14-18-13(19-22-14)11-3-1-2-4-15-11/h1-4,6-7,9H,5,8H2,(H,16,17). The molecule has 0 bridgehead atoms. The first-order valence-electron chi connectivity index (χ1n) is 6.85. The van der Waals surface area contributed by atoms with Gasteiger partial charge in [-0.25, -0.2) is 0 Å². The molecule has 22 heavy (non-hydrogen) atoms. The Kier molecular flexibility index (Phi) is 2.92. The van der Waals surface area contributed by atoms with Crippen molar-refractivity contribution in [2.24, 2.45) is 0 Å². The minimum Gasteiger partial charge on any atom is -0.339 e. The van der Waals surface area contributed by atoms with E-state index in [0.717, 1.165) is 5.69 Å². The number of hydrogen-bond acceptors (Lipinski definition) is 6. The molecule has 1 aliphatic rings. The van der Waals surface area contributed by atoms with Crippen molar-refractivity contribution in [3.05, 3.63) is 42.7 Å². The van der Waals surface area contributed by atoms with Gasteiger partial charge in [-0.05, 0) is 12.1 Å². The molecule has 0 radical (unpaired) electrons. The smallest absolute Gasteiger partial charge is 0.232 e. The molecule has 1 amide bonds. The molecule has 1 atom stereocenters. The number of nitrogens with one attached hydrogen (secondary N) is 1. The van der Waals surface area contributed by atoms with Crippen molar-refractivity contribution in [2.45, 2.75) is 12.3 Å². The van der Waals surface area contributed by atoms with Crippen LogP contribution < -0.4 is 4.90 Å². The van der Waals surface area contributed by atoms with E-state index < -0.39 is 0 Å². The van der Waals surface area contributed by atoms with E-state index in [9.17, 15) is 4.79 Å². The summed E-state index contributed by atoms with van der Waals surface area (Å²) >= 11 is 0. The molecule has 8 nitrogen and oxygen atoms in total. The van der Waals surface area contributed by atoms with E-state index >= 15 is 0 Å². The molecule has 0 spiro atoms. The van der Waals surface area contributed by atoms with E-state index in [-0.39, 0.29) is 11.8 Å². The van der Waals surface area contributed by atoms with Crippen molar-refractivity contribution in [2.75, 3.05) is 11.4 Å². The SMILES string of the molecule is O=C1CC(c2nc(-c3ccccn3)no2)CN1c1cn[nH]c1. The Labute approximate surface area is 125 Å². The van der Waals surface area contributed by atoms with Crippen LogP contribution in [0, 0.1) is 0 Å². The van der Waals surface area contributed by atoms with Crippen LogP contribution in [0.3, 0.4) is 0 Å². The molecular weight excluding hydrogens is 284 g/mol. The van der Waals surface area contributed by atoms with Crippen LogP contribution in [0.2, 0.25) is 0 Å². The van der Waals surface area contributed by atoms with Crippen molar-refractivity contribution >= 4 is 11.6 Å². The largest absolute Gasteiger partial charge is 0.339 e. The molecule has 3 aromatic rings. The lowest BCUT2D eigenvalue weighted by Gasteiger charge is -2.12. The molecule has 0 aromatic carbocycles. The van der Waals surface area contributed by atoms with Crippen LogP contribution in [0.1, 0.15) is 18.2 Å². The van der Waals surface area contributed by atoms with Gasteiger partial charge in [0.05, 0.1) is 17.8 Å². The van der Waals surface area contributed by atoms with Crippen LogP contribution in [0.4, 0.5) is 5.69 Å². The number of carbonyl (C=O) groups is 1. The lowest BCUT2D eigenvalue weighted by Crippen LogP contribution is -2.23. The van der Waals surface area contributed by atoms with Crippen molar-refractivity contribution < 1.29 is 9.32 Å². The van der Waals surface area contributed by atoms with Crippen molar-refractivity contribution in [1.29, 1.82) is 0 Å². The number of amides is 1. The molecule has 1 fully saturated rings. The van der Waals surface area contributed by atoms with Gasteiger partial charge in [-0.15, -0.1) is 0 Å². The van der Waals surface area contributed by atoms with Crippen molar-refractivity contribution in [1.82, 2.24) is 25.3 Å². The van der Waals surface area contributed by atoms with E-state index in [1.165, 1.54) is 0 Å². The summed E-state index contributed by atoms with van der Waals surface area (Å²) in [6.07, 6.45) is 5.32. The first-order valence-corrected chi connectivity index (χ1v) is 6.85. The van der Waals surface area contributed by atoms with Gasteiger partial charge in [0.15, 0.2) is 0 Å². The second-order valence-corrected chi connectivity index (χ2v) is 5.03. The van der Waals surface area contributed by atoms with Crippen LogP contribution >= 0.6 is 0 Å². The third-order valence-electron chi connectivity index (χ3n) is 3.61. The normalized spacial score (nSPS) is 18.1. The zero-order valence-electron chi connectivity index (χ0n) is 11.5. The summed E-state index contributed by atoms with van der Waals surface area (Å²) in [5.74, 6) is 0.793. The maximum atomic E-state index is 12.1. The quantitative estimate of drug-likeness (QED) is 0.783. The van der Waals surface area contributed by atoms with Gasteiger partial charge in [0.2, 0.25) is 17.6 Å². The van der Waals surface area contributed by atoms with Crippen molar-refractivity contribution in [3.63, 3.8) is 0 Å². The first-order chi connectivity index (χ1) is 10.8. The summed E-state index contributed by atoms with van der Waals surface area (Å²) < 4.78 is 5.31. The Morgan fingerprint density at radius 3 is 3.09 bits per heavy atom. The van der Waals surface area contributed by atoms with Gasteiger partial charge in [-0.3, -0.25) is 14.9 Å². The summed E-state index contributed by atoms with van der Waals surface area (Å²) in [6, 6.07) is 5.49. The average Bonchev–Trinajstić information content (AvgIpc) is 3.28. The Bertz CT molecular complexity index is 783. The number of pyridine rings is 1. The van der Waals surface area contributed by atoms with Crippen LogP contribution in [0.15, 0.2) is 41.3 Å². The molecule has 4 heterocycles. The maximum Gasteiger partial charge on any atom is 0.232 e. The van der Waals surface area contributed by atoms with Gasteiger partial charge in [0, 0.05) is 25.4 Å². The summed E-state index contributed by atoms with van der Waals surface area (Å²) in [7, 11) is 0. The zero-order valence-corrected chi connectivity index (χ0v) is 11.5. The van der Waals surface area contributed by atoms with Gasteiger partial charge >= 0.3 is 0 Å². The molecule has 1 N–H and O–H groups in total. The Morgan fingerprint density at radius 1 is 1.36 bits per heavy atom. The third-order valence-corrected chi connectivity index (χ3v) is 3.61. The average molecular weight is 296 g/mol. The van der Waals surface area contributed by atoms with Gasteiger partial charge in [-0.1, -0.05) is 11.2 Å². The lowest BCUT2D eigenvalue weighted by atomic mass is 10.1. The number of rotatable bonds is 3. The molecule has 0 saturated carbocycles. The molecule has 1 saturated heterocycles. The van der Waals surface area contributed by atoms with Crippen LogP contribution in [-0.2, 0) is 4.79 Å². The van der Waals surface area contributed by atoms with Gasteiger partial charge in [-0.2, -0.15) is 10.1 Å². The predicted molar refractivity (Wildman–Crippen MR) is 75.8 cm³/mol. The number of H-pyrrole nitrogens is 1. The van der Waals surface area contributed by atoms with Crippen molar-refractivity contribution in [3.8, 4) is 11.5 Å². The minimum absolute atomic E-state index is 0.0176. The number of carbonyl (C=O) groups excluding carboxylic acids is 1. The molecule has 1 aliphatic heterocycles. The Balaban J connectivity index is 1.57. The number of aromatic amines is 1. The minimum atomic E-state index is -0.118. The summed E-state index contributed by atoms with van der Waals surface area (Å²) in [4.78, 5) is 22.3. The number of aromatic nitrogens is 5. The highest BCUT2D eigenvalue weighted by Gasteiger charge is 2.35. The van der Waals surface area contributed by atoms with Gasteiger partial charge < -0.3 is 9.42 Å². The second kappa shape index (κ2) is 5.06. The highest BCUT2D eigenvalue weighted by atomic mass is 16.5. The highest BCUT2D eigenvalue weighted by Crippen LogP contribution is 2.31. The summed E-state index contributed by atoms with van der Waals surface area (Å²) in [5.41, 5.74) is 1.39. The number of anilines is 1. The highest BCUT2D eigenvalue weighted by molar-refractivity contribution is 5.96. The molecule has 1 unspecified atom stereocenters. The molecule has 110 valence electrons. The first kappa shape index (κ1) is 12.7. The van der Waals surface area contributed by atoms with Crippen LogP contribution in [0.25, 0.3) is 11.5 Å². The van der Waals surface area contributed by atoms with E-state index in [2.05, 4.69) is 25.3 Å². The Morgan fingerprint density at radius 2 is 2.32 bits per heavy atom. The van der Waals surface area contributed by atoms with E-state index in [0.29, 0.717) is 30.4 Å². The van der Waals surface area contributed by atoms with Crippen LogP contribution in [-0.4, -0.2) is 37.8 Å². The van der Waals surface area contributed by atoms with E-state index in [4.69, 9.17) is 4.52 Å². The molecule has 0 aliphatic carbocycles. The van der Waals surface area contributed by atoms with Gasteiger partial charge in [0.25, 0.3) is 0 Å². The molecule has 4 rings (SSSR count). The van der Waals surface area contributed by atoms with Crippen LogP contribution in [0.5, 0.6) is 0 Å². The molecule has 3 aromatic heterocycles. The van der Waals surface area contributed by atoms with E-state index in [1.54, 1.807) is 23.5 Å². The van der Waals surface area contributed by atoms with Gasteiger partial charge in [0.1, 0.15) is 5.69 Å². The molecule has 8 heteroatoms. The predicted octanol–water partition coefficient (Wildman–Crippen LogP) is 1.38. The van der Waals surface area contributed by atoms with E-state index in [1.807, 2.05) is 18.2 Å². The monoisotopic (exact) mass is 296 g/mol. The molecular formula is C14H12N6O2. The number of nitrogens with zero attached hydrogens (tertiary/aromatic N) is 5. The zero-order chi connectivity index (χ0) is 14.9. The second-order valence-electron chi connectivity index (χ2n) is 5.03. The maximum absolute atomic E-state index is 12.1. The summed E-state index contributed by atoms with van der Waals surface area (Å²) in [5, 5.41) is 10.5.